The quantitative estimate of drug-likeness (QED) is 0.164. The van der Waals surface area contributed by atoms with E-state index < -0.39 is 84.6 Å². The molecule has 5 atom stereocenters. The van der Waals surface area contributed by atoms with Crippen LogP contribution in [0.2, 0.25) is 0 Å². The third kappa shape index (κ3) is 8.88. The van der Waals surface area contributed by atoms with Crippen LogP contribution >= 0.6 is 0 Å². The van der Waals surface area contributed by atoms with Gasteiger partial charge in [-0.25, -0.2) is 9.59 Å². The molecule has 4 rings (SSSR count). The number of benzene rings is 2. The van der Waals surface area contributed by atoms with E-state index in [1.54, 1.807) is 32.0 Å². The van der Waals surface area contributed by atoms with Gasteiger partial charge < -0.3 is 42.3 Å². The molecule has 1 aliphatic rings. The van der Waals surface area contributed by atoms with Crippen molar-refractivity contribution in [2.45, 2.75) is 78.4 Å². The molecule has 2 heterocycles. The molecular weight excluding hydrogens is 636 g/mol. The first-order valence-electron chi connectivity index (χ1n) is 14.7. The zero-order valence-electron chi connectivity index (χ0n) is 26.9. The fraction of sp³-hybridized carbons (Fsp3) is 0.394. The number of rotatable bonds is 11. The summed E-state index contributed by atoms with van der Waals surface area (Å²) in [5.74, 6) is -4.40. The van der Waals surface area contributed by atoms with Gasteiger partial charge in [-0.15, -0.1) is 0 Å². The predicted octanol–water partition coefficient (Wildman–Crippen LogP) is 3.26. The molecule has 48 heavy (non-hydrogen) atoms. The first-order chi connectivity index (χ1) is 22.7. The van der Waals surface area contributed by atoms with Crippen LogP contribution in [0.3, 0.4) is 0 Å². The molecule has 0 N–H and O–H groups in total. The maximum atomic E-state index is 13.1. The van der Waals surface area contributed by atoms with Gasteiger partial charge >= 0.3 is 35.5 Å². The summed E-state index contributed by atoms with van der Waals surface area (Å²) in [7, 11) is 0. The molecule has 0 saturated carbocycles. The lowest BCUT2D eigenvalue weighted by molar-refractivity contribution is -0.288. The van der Waals surface area contributed by atoms with Crippen LogP contribution in [-0.4, -0.2) is 73.3 Å². The molecular formula is C33H34O15. The second kappa shape index (κ2) is 15.4. The second-order valence-electron chi connectivity index (χ2n) is 10.8. The van der Waals surface area contributed by atoms with Crippen LogP contribution in [0.15, 0.2) is 57.7 Å². The van der Waals surface area contributed by atoms with Gasteiger partial charge in [0.15, 0.2) is 18.0 Å². The van der Waals surface area contributed by atoms with Crippen molar-refractivity contribution in [1.82, 2.24) is 0 Å². The average Bonchev–Trinajstić information content (AvgIpc) is 3.00. The minimum absolute atomic E-state index is 0.0103. The van der Waals surface area contributed by atoms with Crippen molar-refractivity contribution in [3.63, 3.8) is 0 Å². The highest BCUT2D eigenvalue weighted by Crippen LogP contribution is 2.37. The molecule has 3 aromatic rings. The number of carbonyl (C=O) groups is 5. The highest BCUT2D eigenvalue weighted by Gasteiger charge is 2.53. The topological polar surface area (TPSA) is 189 Å². The lowest BCUT2D eigenvalue weighted by Gasteiger charge is -2.43. The van der Waals surface area contributed by atoms with Crippen LogP contribution in [0, 0.1) is 0 Å². The molecule has 256 valence electrons. The first kappa shape index (κ1) is 35.4. The van der Waals surface area contributed by atoms with E-state index in [1.807, 2.05) is 0 Å². The Hall–Kier alpha value is -5.44. The Morgan fingerprint density at radius 3 is 2.00 bits per heavy atom. The molecule has 0 radical (unpaired) electrons. The van der Waals surface area contributed by atoms with E-state index in [1.165, 1.54) is 30.3 Å². The van der Waals surface area contributed by atoms with Crippen molar-refractivity contribution in [3.05, 3.63) is 64.5 Å². The third-order valence-electron chi connectivity index (χ3n) is 6.55. The molecule has 1 fully saturated rings. The molecule has 15 nitrogen and oxygen atoms in total. The molecule has 0 aliphatic carbocycles. The van der Waals surface area contributed by atoms with Crippen LogP contribution in [0.1, 0.15) is 51.9 Å². The number of esters is 5. The fourth-order valence-corrected chi connectivity index (χ4v) is 4.79. The Balaban J connectivity index is 1.74. The van der Waals surface area contributed by atoms with Gasteiger partial charge in [-0.2, -0.15) is 0 Å². The molecule has 0 bridgehead atoms. The summed E-state index contributed by atoms with van der Waals surface area (Å²) in [6.07, 6.45) is -7.56. The normalized spacial score (nSPS) is 20.4. The van der Waals surface area contributed by atoms with E-state index in [-0.39, 0.29) is 28.0 Å². The van der Waals surface area contributed by atoms with Crippen molar-refractivity contribution in [3.8, 4) is 17.2 Å². The predicted molar refractivity (Wildman–Crippen MR) is 162 cm³/mol. The molecule has 1 aliphatic heterocycles. The summed E-state index contributed by atoms with van der Waals surface area (Å²) < 4.78 is 50.1. The van der Waals surface area contributed by atoms with Gasteiger partial charge in [0.05, 0.1) is 17.1 Å². The smallest absolute Gasteiger partial charge is 0.383 e. The lowest BCUT2D eigenvalue weighted by atomic mass is 9.98. The van der Waals surface area contributed by atoms with Crippen LogP contribution < -0.4 is 19.8 Å². The molecule has 15 heteroatoms. The van der Waals surface area contributed by atoms with Gasteiger partial charge in [0.1, 0.15) is 24.0 Å². The minimum Gasteiger partial charge on any atom is -0.486 e. The third-order valence-corrected chi connectivity index (χ3v) is 6.55. The van der Waals surface area contributed by atoms with E-state index in [0.717, 1.165) is 27.7 Å². The molecule has 1 aromatic heterocycles. The van der Waals surface area contributed by atoms with E-state index in [2.05, 4.69) is 0 Å². The van der Waals surface area contributed by atoms with Crippen molar-refractivity contribution in [1.29, 1.82) is 0 Å². The Bertz CT molecular complexity index is 1730. The van der Waals surface area contributed by atoms with E-state index in [9.17, 15) is 28.8 Å². The van der Waals surface area contributed by atoms with Gasteiger partial charge in [0.25, 0.3) is 5.75 Å². The summed E-state index contributed by atoms with van der Waals surface area (Å²) in [4.78, 5) is 73.8. The maximum Gasteiger partial charge on any atom is 0.383 e. The Morgan fingerprint density at radius 2 is 1.40 bits per heavy atom. The Morgan fingerprint density at radius 1 is 0.771 bits per heavy atom. The molecule has 2 aromatic carbocycles. The van der Waals surface area contributed by atoms with Gasteiger partial charge in [-0.1, -0.05) is 18.2 Å². The summed E-state index contributed by atoms with van der Waals surface area (Å²) >= 11 is 0. The molecule has 0 amide bonds. The first-order valence-corrected chi connectivity index (χ1v) is 14.7. The second-order valence-corrected chi connectivity index (χ2v) is 10.8. The van der Waals surface area contributed by atoms with Crippen molar-refractivity contribution < 1.29 is 66.3 Å². The lowest BCUT2D eigenvalue weighted by Crippen LogP contribution is -2.63. The summed E-state index contributed by atoms with van der Waals surface area (Å²) in [6.45, 7) is 7.41. The summed E-state index contributed by atoms with van der Waals surface area (Å²) in [5, 5.41) is 0.244. The van der Waals surface area contributed by atoms with Gasteiger partial charge in [0.2, 0.25) is 12.4 Å². The Labute approximate surface area is 273 Å². The van der Waals surface area contributed by atoms with Gasteiger partial charge in [0, 0.05) is 33.8 Å². The van der Waals surface area contributed by atoms with Crippen molar-refractivity contribution >= 4 is 40.8 Å². The van der Waals surface area contributed by atoms with Crippen LogP contribution in [-0.2, 0) is 42.9 Å². The number of fused-ring (bicyclic) bond motifs is 1. The molecule has 0 spiro atoms. The van der Waals surface area contributed by atoms with Crippen LogP contribution in [0.5, 0.6) is 17.2 Å². The van der Waals surface area contributed by atoms with Gasteiger partial charge in [-0.05, 0) is 38.1 Å². The highest BCUT2D eigenvalue weighted by atomic mass is 16.7. The largest absolute Gasteiger partial charge is 0.486 e. The average molecular weight is 671 g/mol. The zero-order chi connectivity index (χ0) is 35.1. The molecule has 1 saturated heterocycles. The number of carbonyl (C=O) groups excluding carboxylic acids is 5. The van der Waals surface area contributed by atoms with Crippen molar-refractivity contribution in [2.24, 2.45) is 0 Å². The monoisotopic (exact) mass is 670 g/mol. The molecule has 0 unspecified atom stereocenters. The number of hydrogen-bond donors (Lipinski definition) is 0. The maximum absolute atomic E-state index is 13.1. The SMILES string of the molecule is CC(=O)OC[C@H]1O[C@@H](Oc2ccc3c(OC(C)C)c(OC(=O)c4ccccc4)c(=O)oc3c2)[C@H](OC(C)=O)[C@@H](OC(C)=O)[C@@H]1OC(C)=O. The number of hydrogen-bond acceptors (Lipinski definition) is 15. The minimum atomic E-state index is -1.53. The van der Waals surface area contributed by atoms with Crippen LogP contribution in [0.25, 0.3) is 11.0 Å². The van der Waals surface area contributed by atoms with E-state index in [0.29, 0.717) is 0 Å². The van der Waals surface area contributed by atoms with Crippen molar-refractivity contribution in [2.75, 3.05) is 6.61 Å². The summed E-state index contributed by atoms with van der Waals surface area (Å²) in [6, 6.07) is 12.2. The summed E-state index contributed by atoms with van der Waals surface area (Å²) in [5.41, 5.74) is -0.869. The standard InChI is InChI=1S/C33H34O15/c1-16(2)41-26-23-13-12-22(14-24(23)46-32(39)29(26)48-31(38)21-10-8-7-9-11-21)45-33-30(44-20(6)37)28(43-19(5)36)27(42-18(4)35)25(47-33)15-40-17(3)34/h7-14,16,25,27-28,30,33H,15H2,1-6H3/t25-,27-,28+,30-,33-/m1/s1. The zero-order valence-corrected chi connectivity index (χ0v) is 26.9. The number of ether oxygens (including phenoxy) is 8. The van der Waals surface area contributed by atoms with Crippen LogP contribution in [0.4, 0.5) is 0 Å². The van der Waals surface area contributed by atoms with E-state index in [4.69, 9.17) is 42.3 Å². The van der Waals surface area contributed by atoms with Gasteiger partial charge in [-0.3, -0.25) is 19.2 Å². The highest BCUT2D eigenvalue weighted by molar-refractivity contribution is 5.93. The van der Waals surface area contributed by atoms with E-state index >= 15 is 0 Å². The fourth-order valence-electron chi connectivity index (χ4n) is 4.79. The Kier molecular flexibility index (Phi) is 11.4.